The number of morpholine rings is 1. The molecule has 1 amide bonds. The maximum Gasteiger partial charge on any atom is 0.223 e. The molecule has 2 saturated heterocycles. The number of aryl methyl sites for hydroxylation is 1. The Hall–Kier alpha value is -4.45. The molecule has 2 aliphatic heterocycles. The lowest BCUT2D eigenvalue weighted by Gasteiger charge is -2.34. The number of aromatic amines is 1. The summed E-state index contributed by atoms with van der Waals surface area (Å²) in [5.74, 6) is 1.67. The molecule has 46 heavy (non-hydrogen) atoms. The van der Waals surface area contributed by atoms with Gasteiger partial charge in [-0.25, -0.2) is 9.97 Å². The van der Waals surface area contributed by atoms with Crippen molar-refractivity contribution in [3.8, 4) is 11.4 Å². The molecule has 11 heteroatoms. The fourth-order valence-electron chi connectivity index (χ4n) is 6.03. The van der Waals surface area contributed by atoms with Crippen LogP contribution in [0.2, 0.25) is 0 Å². The molecule has 2 aliphatic rings. The van der Waals surface area contributed by atoms with Crippen LogP contribution in [0.5, 0.6) is 0 Å². The molecule has 7 rings (SSSR count). The van der Waals surface area contributed by atoms with Crippen LogP contribution in [0.4, 0.5) is 5.82 Å². The second-order valence-electron chi connectivity index (χ2n) is 11.9. The number of nitrogens with one attached hydrogen (secondary N) is 1. The Kier molecular flexibility index (Phi) is 8.87. The third-order valence-corrected chi connectivity index (χ3v) is 9.77. The average Bonchev–Trinajstić information content (AvgIpc) is 3.74. The maximum atomic E-state index is 12.9. The summed E-state index contributed by atoms with van der Waals surface area (Å²) in [6.45, 7) is 8.66. The van der Waals surface area contributed by atoms with Crippen molar-refractivity contribution in [3.05, 3.63) is 76.8 Å². The first kappa shape index (κ1) is 30.2. The number of fused-ring (bicyclic) bond motifs is 2. The normalized spacial score (nSPS) is 16.2. The number of H-pyrrole nitrogens is 1. The first-order valence-corrected chi connectivity index (χ1v) is 16.7. The van der Waals surface area contributed by atoms with Crippen LogP contribution >= 0.6 is 11.3 Å². The van der Waals surface area contributed by atoms with E-state index in [1.807, 2.05) is 66.6 Å². The molecular formula is C35H37N7O3S. The van der Waals surface area contributed by atoms with Gasteiger partial charge in [0.15, 0.2) is 17.4 Å². The number of ether oxygens (including phenoxy) is 1. The summed E-state index contributed by atoms with van der Waals surface area (Å²) in [5, 5.41) is 8.28. The van der Waals surface area contributed by atoms with Gasteiger partial charge in [-0.3, -0.25) is 19.6 Å². The highest BCUT2D eigenvalue weighted by molar-refractivity contribution is 7.19. The molecule has 0 radical (unpaired) electrons. The van der Waals surface area contributed by atoms with E-state index in [1.165, 1.54) is 10.4 Å². The van der Waals surface area contributed by atoms with Crippen LogP contribution in [-0.4, -0.2) is 94.1 Å². The highest BCUT2D eigenvalue weighted by Gasteiger charge is 2.24. The lowest BCUT2D eigenvalue weighted by molar-refractivity contribution is -0.134. The monoisotopic (exact) mass is 635 g/mol. The number of hydrogen-bond acceptors (Lipinski definition) is 9. The van der Waals surface area contributed by atoms with Crippen LogP contribution in [0.1, 0.15) is 28.8 Å². The second kappa shape index (κ2) is 13.5. The van der Waals surface area contributed by atoms with Gasteiger partial charge in [-0.1, -0.05) is 48.0 Å². The number of ketones is 1. The molecule has 3 aromatic heterocycles. The smallest absolute Gasteiger partial charge is 0.223 e. The Balaban J connectivity index is 0.999. The van der Waals surface area contributed by atoms with Crippen molar-refractivity contribution in [2.75, 3.05) is 57.4 Å². The first-order valence-electron chi connectivity index (χ1n) is 15.8. The molecule has 0 bridgehead atoms. The molecule has 2 aromatic carbocycles. The molecule has 0 atom stereocenters. The zero-order valence-electron chi connectivity index (χ0n) is 25.9. The molecule has 5 aromatic rings. The van der Waals surface area contributed by atoms with Crippen LogP contribution in [0, 0.1) is 6.92 Å². The number of nitrogens with zero attached hydrogens (tertiary/aromatic N) is 6. The zero-order valence-corrected chi connectivity index (χ0v) is 26.8. The van der Waals surface area contributed by atoms with Gasteiger partial charge in [0.1, 0.15) is 0 Å². The standard InChI is InChI=1S/C35H37N7O3S/c1-24-5-7-25(8-6-24)9-10-26(43)11-12-32(44)41-15-13-40(14-16-41)23-27-21-31-33(46-27)35(42-17-19-45-20-18-42)38-34(37-31)28-3-2-4-30-29(28)22-36-39-30/h2-10,21-22H,11-20,23H2,1H3,(H,36,39)/b10-9+. The quantitative estimate of drug-likeness (QED) is 0.224. The highest BCUT2D eigenvalue weighted by Crippen LogP contribution is 2.36. The average molecular weight is 636 g/mol. The molecule has 5 heterocycles. The molecule has 236 valence electrons. The Morgan fingerprint density at radius 2 is 1.78 bits per heavy atom. The van der Waals surface area contributed by atoms with Gasteiger partial charge in [0.05, 0.1) is 35.1 Å². The number of amides is 1. The van der Waals surface area contributed by atoms with Crippen molar-refractivity contribution in [1.29, 1.82) is 0 Å². The zero-order chi connectivity index (χ0) is 31.5. The summed E-state index contributed by atoms with van der Waals surface area (Å²) in [5.41, 5.74) is 5.03. The number of piperazine rings is 1. The van der Waals surface area contributed by atoms with Crippen molar-refractivity contribution in [2.45, 2.75) is 26.3 Å². The van der Waals surface area contributed by atoms with Crippen molar-refractivity contribution in [2.24, 2.45) is 0 Å². The maximum absolute atomic E-state index is 12.9. The number of anilines is 1. The van der Waals surface area contributed by atoms with E-state index < -0.39 is 0 Å². The minimum atomic E-state index is -0.0264. The minimum Gasteiger partial charge on any atom is -0.378 e. The molecule has 0 aliphatic carbocycles. The molecule has 2 fully saturated rings. The second-order valence-corrected chi connectivity index (χ2v) is 13.0. The number of allylic oxidation sites excluding steroid dienone is 1. The summed E-state index contributed by atoms with van der Waals surface area (Å²) < 4.78 is 6.73. The highest BCUT2D eigenvalue weighted by atomic mass is 32.1. The number of hydrogen-bond donors (Lipinski definition) is 1. The van der Waals surface area contributed by atoms with Gasteiger partial charge in [-0.2, -0.15) is 5.10 Å². The molecule has 0 unspecified atom stereocenters. The molecule has 0 saturated carbocycles. The third-order valence-electron chi connectivity index (χ3n) is 8.67. The third kappa shape index (κ3) is 6.72. The topological polar surface area (TPSA) is 108 Å². The van der Waals surface area contributed by atoms with Crippen molar-refractivity contribution < 1.29 is 14.3 Å². The minimum absolute atomic E-state index is 0.0264. The summed E-state index contributed by atoms with van der Waals surface area (Å²) in [6, 6.07) is 16.3. The fraction of sp³-hybridized carbons (Fsp3) is 0.343. The summed E-state index contributed by atoms with van der Waals surface area (Å²) in [7, 11) is 0. The number of rotatable bonds is 9. The molecule has 10 nitrogen and oxygen atoms in total. The number of carbonyl (C=O) groups is 2. The SMILES string of the molecule is Cc1ccc(/C=C/C(=O)CCC(=O)N2CCN(Cc3cc4nc(-c5cccc6[nH]ncc56)nc(N5CCOCC5)c4s3)CC2)cc1. The van der Waals surface area contributed by atoms with E-state index in [0.29, 0.717) is 32.1 Å². The fourth-order valence-corrected chi connectivity index (χ4v) is 7.18. The van der Waals surface area contributed by atoms with Gasteiger partial charge in [0.25, 0.3) is 0 Å². The van der Waals surface area contributed by atoms with Crippen LogP contribution in [-0.2, 0) is 20.9 Å². The summed E-state index contributed by atoms with van der Waals surface area (Å²) in [4.78, 5) is 43.3. The van der Waals surface area contributed by atoms with Crippen LogP contribution in [0.25, 0.3) is 38.6 Å². The van der Waals surface area contributed by atoms with E-state index in [-0.39, 0.29) is 24.5 Å². The van der Waals surface area contributed by atoms with Gasteiger partial charge < -0.3 is 14.5 Å². The predicted octanol–water partition coefficient (Wildman–Crippen LogP) is 5.09. The van der Waals surface area contributed by atoms with E-state index in [1.54, 1.807) is 17.4 Å². The lowest BCUT2D eigenvalue weighted by atomic mass is 10.1. The Morgan fingerprint density at radius 3 is 2.59 bits per heavy atom. The van der Waals surface area contributed by atoms with E-state index in [0.717, 1.165) is 70.8 Å². The largest absolute Gasteiger partial charge is 0.378 e. The first-order chi connectivity index (χ1) is 22.5. The molecule has 0 spiro atoms. The number of carbonyl (C=O) groups excluding carboxylic acids is 2. The van der Waals surface area contributed by atoms with E-state index in [9.17, 15) is 9.59 Å². The van der Waals surface area contributed by atoms with Crippen LogP contribution in [0.15, 0.2) is 60.8 Å². The summed E-state index contributed by atoms with van der Waals surface area (Å²) >= 11 is 1.75. The number of aromatic nitrogens is 4. The number of benzene rings is 2. The predicted molar refractivity (Wildman–Crippen MR) is 182 cm³/mol. The lowest BCUT2D eigenvalue weighted by Crippen LogP contribution is -2.48. The molecular weight excluding hydrogens is 598 g/mol. The van der Waals surface area contributed by atoms with Crippen molar-refractivity contribution in [1.82, 2.24) is 30.0 Å². The Bertz CT molecular complexity index is 1880. The van der Waals surface area contributed by atoms with Gasteiger partial charge in [-0.05, 0) is 30.7 Å². The summed E-state index contributed by atoms with van der Waals surface area (Å²) in [6.07, 6.45) is 5.70. The van der Waals surface area contributed by atoms with E-state index >= 15 is 0 Å². The van der Waals surface area contributed by atoms with Gasteiger partial charge in [-0.15, -0.1) is 11.3 Å². The Morgan fingerprint density at radius 1 is 0.978 bits per heavy atom. The van der Waals surface area contributed by atoms with Crippen molar-refractivity contribution in [3.63, 3.8) is 0 Å². The van der Waals surface area contributed by atoms with Gasteiger partial charge in [0, 0.05) is 74.5 Å². The van der Waals surface area contributed by atoms with Crippen LogP contribution in [0.3, 0.4) is 0 Å². The van der Waals surface area contributed by atoms with Gasteiger partial charge in [0.2, 0.25) is 5.91 Å². The van der Waals surface area contributed by atoms with E-state index in [2.05, 4.69) is 26.1 Å². The van der Waals surface area contributed by atoms with Gasteiger partial charge >= 0.3 is 0 Å². The van der Waals surface area contributed by atoms with E-state index in [4.69, 9.17) is 14.7 Å². The van der Waals surface area contributed by atoms with Crippen molar-refractivity contribution >= 4 is 56.0 Å². The molecule has 1 N–H and O–H groups in total. The van der Waals surface area contributed by atoms with Crippen LogP contribution < -0.4 is 4.90 Å². The Labute approximate surface area is 271 Å². The number of thiophene rings is 1.